The summed E-state index contributed by atoms with van der Waals surface area (Å²) in [5.74, 6) is 2.69. The Hall–Kier alpha value is -3.15. The summed E-state index contributed by atoms with van der Waals surface area (Å²) in [5, 5.41) is 10.1. The molecule has 3 aromatic rings. The van der Waals surface area contributed by atoms with Crippen LogP contribution in [0.25, 0.3) is 11.4 Å². The van der Waals surface area contributed by atoms with Gasteiger partial charge in [-0.3, -0.25) is 9.89 Å². The average molecular weight is 362 g/mol. The van der Waals surface area contributed by atoms with Crippen molar-refractivity contribution in [2.45, 2.75) is 32.1 Å². The van der Waals surface area contributed by atoms with Gasteiger partial charge in [-0.2, -0.15) is 5.10 Å². The molecule has 2 aromatic carbocycles. The van der Waals surface area contributed by atoms with Crippen LogP contribution in [0.1, 0.15) is 37.1 Å². The highest BCUT2D eigenvalue weighted by molar-refractivity contribution is 5.92. The maximum atomic E-state index is 12.1. The Balaban J connectivity index is 1.31. The van der Waals surface area contributed by atoms with Gasteiger partial charge in [0.05, 0.1) is 0 Å². The van der Waals surface area contributed by atoms with Crippen LogP contribution in [0.15, 0.2) is 48.5 Å². The van der Waals surface area contributed by atoms with E-state index in [1.165, 1.54) is 18.4 Å². The predicted octanol–water partition coefficient (Wildman–Crippen LogP) is 3.93. The number of carbonyl (C=O) groups is 1. The lowest BCUT2D eigenvalue weighted by Gasteiger charge is -2.08. The maximum absolute atomic E-state index is 12.1. The number of aromatic nitrogens is 3. The Bertz CT molecular complexity index is 912. The number of nitrogens with zero attached hydrogens (tertiary/aromatic N) is 2. The smallest absolute Gasteiger partial charge is 0.262 e. The Morgan fingerprint density at radius 1 is 1.15 bits per heavy atom. The Labute approximate surface area is 158 Å². The van der Waals surface area contributed by atoms with Crippen LogP contribution < -0.4 is 10.1 Å². The summed E-state index contributed by atoms with van der Waals surface area (Å²) in [4.78, 5) is 16.6. The molecule has 2 N–H and O–H groups in total. The van der Waals surface area contributed by atoms with Crippen molar-refractivity contribution < 1.29 is 9.53 Å². The summed E-state index contributed by atoms with van der Waals surface area (Å²) < 4.78 is 5.53. The fraction of sp³-hybridized carbons (Fsp3) is 0.286. The molecule has 1 heterocycles. The molecule has 1 aliphatic rings. The molecule has 1 aliphatic carbocycles. The number of nitrogens with one attached hydrogen (secondary N) is 2. The van der Waals surface area contributed by atoms with Crippen LogP contribution in [0.3, 0.4) is 0 Å². The molecular weight excluding hydrogens is 340 g/mol. The van der Waals surface area contributed by atoms with Crippen molar-refractivity contribution in [1.82, 2.24) is 15.2 Å². The van der Waals surface area contributed by atoms with Gasteiger partial charge in [0.25, 0.3) is 5.91 Å². The van der Waals surface area contributed by atoms with Crippen LogP contribution in [0, 0.1) is 0 Å². The molecule has 0 aliphatic heterocycles. The van der Waals surface area contributed by atoms with Crippen LogP contribution in [0.2, 0.25) is 0 Å². The second kappa shape index (κ2) is 7.61. The lowest BCUT2D eigenvalue weighted by atomic mass is 10.2. The first kappa shape index (κ1) is 17.3. The van der Waals surface area contributed by atoms with Gasteiger partial charge in [0.15, 0.2) is 12.4 Å². The van der Waals surface area contributed by atoms with E-state index in [4.69, 9.17) is 4.74 Å². The normalized spacial score (nSPS) is 13.4. The van der Waals surface area contributed by atoms with Crippen LogP contribution in [0.4, 0.5) is 5.69 Å². The lowest BCUT2D eigenvalue weighted by Crippen LogP contribution is -2.20. The molecule has 0 bridgehead atoms. The second-order valence-electron chi connectivity index (χ2n) is 6.73. The molecule has 4 rings (SSSR count). The monoisotopic (exact) mass is 362 g/mol. The minimum absolute atomic E-state index is 0.0289. The van der Waals surface area contributed by atoms with Crippen LogP contribution in [0.5, 0.6) is 5.75 Å². The largest absolute Gasteiger partial charge is 0.484 e. The Morgan fingerprint density at radius 3 is 2.56 bits per heavy atom. The highest BCUT2D eigenvalue weighted by Crippen LogP contribution is 2.38. The first-order valence-corrected chi connectivity index (χ1v) is 9.25. The van der Waals surface area contributed by atoms with E-state index in [9.17, 15) is 4.79 Å². The molecule has 27 heavy (non-hydrogen) atoms. The number of hydrogen-bond donors (Lipinski definition) is 2. The predicted molar refractivity (Wildman–Crippen MR) is 104 cm³/mol. The molecule has 6 heteroatoms. The van der Waals surface area contributed by atoms with E-state index in [2.05, 4.69) is 27.4 Å². The van der Waals surface area contributed by atoms with Gasteiger partial charge in [0.2, 0.25) is 0 Å². The summed E-state index contributed by atoms with van der Waals surface area (Å²) in [5.41, 5.74) is 2.87. The summed E-state index contributed by atoms with van der Waals surface area (Å²) in [7, 11) is 0. The molecule has 1 fully saturated rings. The number of amides is 1. The summed E-state index contributed by atoms with van der Waals surface area (Å²) in [6.45, 7) is 2.07. The van der Waals surface area contributed by atoms with Crippen molar-refractivity contribution in [3.63, 3.8) is 0 Å². The molecule has 0 spiro atoms. The van der Waals surface area contributed by atoms with Gasteiger partial charge < -0.3 is 10.1 Å². The van der Waals surface area contributed by atoms with E-state index in [1.807, 2.05) is 48.5 Å². The van der Waals surface area contributed by atoms with E-state index < -0.39 is 0 Å². The van der Waals surface area contributed by atoms with Crippen LogP contribution in [-0.2, 0) is 11.2 Å². The Morgan fingerprint density at radius 2 is 1.89 bits per heavy atom. The zero-order chi connectivity index (χ0) is 18.6. The zero-order valence-corrected chi connectivity index (χ0v) is 15.2. The number of H-pyrrole nitrogens is 1. The maximum Gasteiger partial charge on any atom is 0.262 e. The third-order valence-electron chi connectivity index (χ3n) is 4.60. The summed E-state index contributed by atoms with van der Waals surface area (Å²) in [6.07, 6.45) is 3.35. The van der Waals surface area contributed by atoms with Gasteiger partial charge in [0, 0.05) is 17.2 Å². The van der Waals surface area contributed by atoms with Crippen LogP contribution in [-0.4, -0.2) is 27.7 Å². The molecule has 0 saturated heterocycles. The Kier molecular flexibility index (Phi) is 4.87. The van der Waals surface area contributed by atoms with Gasteiger partial charge in [-0.1, -0.05) is 19.1 Å². The van der Waals surface area contributed by atoms with E-state index in [1.54, 1.807) is 0 Å². The van der Waals surface area contributed by atoms with Gasteiger partial charge in [-0.25, -0.2) is 4.98 Å². The molecule has 1 saturated carbocycles. The fourth-order valence-electron chi connectivity index (χ4n) is 2.81. The number of anilines is 1. The van der Waals surface area contributed by atoms with Gasteiger partial charge in [-0.05, 0) is 61.2 Å². The van der Waals surface area contributed by atoms with Crippen molar-refractivity contribution in [3.8, 4) is 17.1 Å². The van der Waals surface area contributed by atoms with Gasteiger partial charge in [0.1, 0.15) is 11.6 Å². The molecule has 1 aromatic heterocycles. The quantitative estimate of drug-likeness (QED) is 0.667. The molecular formula is C21H22N4O2. The molecule has 0 atom stereocenters. The van der Waals surface area contributed by atoms with E-state index >= 15 is 0 Å². The third kappa shape index (κ3) is 4.34. The average Bonchev–Trinajstić information content (AvgIpc) is 3.44. The first-order chi connectivity index (χ1) is 13.2. The second-order valence-corrected chi connectivity index (χ2v) is 6.73. The highest BCUT2D eigenvalue weighted by Gasteiger charge is 2.27. The molecule has 0 unspecified atom stereocenters. The minimum Gasteiger partial charge on any atom is -0.484 e. The standard InChI is InChI=1S/C21H22N4O2/c1-2-14-3-11-18(12-4-14)27-13-19(26)22-17-9-7-16(8-10-17)21-23-20(24-25-21)15-5-6-15/h3-4,7-12,15H,2,5-6,13H2,1H3,(H,22,26)(H,23,24,25). The fourth-order valence-corrected chi connectivity index (χ4v) is 2.81. The summed E-state index contributed by atoms with van der Waals surface area (Å²) in [6, 6.07) is 15.3. The van der Waals surface area contributed by atoms with Crippen molar-refractivity contribution in [3.05, 3.63) is 59.9 Å². The number of aryl methyl sites for hydroxylation is 1. The number of rotatable bonds is 7. The third-order valence-corrected chi connectivity index (χ3v) is 4.60. The molecule has 138 valence electrons. The van der Waals surface area contributed by atoms with Crippen molar-refractivity contribution in [1.29, 1.82) is 0 Å². The topological polar surface area (TPSA) is 79.9 Å². The van der Waals surface area contributed by atoms with Crippen molar-refractivity contribution in [2.75, 3.05) is 11.9 Å². The first-order valence-electron chi connectivity index (χ1n) is 9.25. The SMILES string of the molecule is CCc1ccc(OCC(=O)Nc2ccc(-c3n[nH]c(C4CC4)n3)cc2)cc1. The van der Waals surface area contributed by atoms with Crippen molar-refractivity contribution in [2.24, 2.45) is 0 Å². The van der Waals surface area contributed by atoms with E-state index in [0.29, 0.717) is 23.2 Å². The molecule has 1 amide bonds. The lowest BCUT2D eigenvalue weighted by molar-refractivity contribution is -0.118. The number of ether oxygens (including phenoxy) is 1. The number of aromatic amines is 1. The number of carbonyl (C=O) groups excluding carboxylic acids is 1. The van der Waals surface area contributed by atoms with E-state index in [-0.39, 0.29) is 12.5 Å². The van der Waals surface area contributed by atoms with E-state index in [0.717, 1.165) is 17.8 Å². The molecule has 0 radical (unpaired) electrons. The van der Waals surface area contributed by atoms with Crippen molar-refractivity contribution >= 4 is 11.6 Å². The molecule has 6 nitrogen and oxygen atoms in total. The minimum atomic E-state index is -0.198. The highest BCUT2D eigenvalue weighted by atomic mass is 16.5. The number of hydrogen-bond acceptors (Lipinski definition) is 4. The van der Waals surface area contributed by atoms with Gasteiger partial charge in [-0.15, -0.1) is 0 Å². The van der Waals surface area contributed by atoms with Crippen LogP contribution >= 0.6 is 0 Å². The number of benzene rings is 2. The zero-order valence-electron chi connectivity index (χ0n) is 15.2. The van der Waals surface area contributed by atoms with Gasteiger partial charge >= 0.3 is 0 Å². The summed E-state index contributed by atoms with van der Waals surface area (Å²) >= 11 is 0.